The molecule has 0 spiro atoms. The average molecular weight is 422 g/mol. The average Bonchev–Trinajstić information content (AvgIpc) is 2.71. The van der Waals surface area contributed by atoms with Crippen molar-refractivity contribution in [1.82, 2.24) is 0 Å². The second-order valence-electron chi connectivity index (χ2n) is 6.72. The third kappa shape index (κ3) is 5.40. The Balaban J connectivity index is 1.93. The van der Waals surface area contributed by atoms with E-state index >= 15 is 0 Å². The maximum absolute atomic E-state index is 13.5. The van der Waals surface area contributed by atoms with Gasteiger partial charge in [0.25, 0.3) is 0 Å². The lowest BCUT2D eigenvalue weighted by molar-refractivity contribution is 0.269. The van der Waals surface area contributed by atoms with Crippen LogP contribution in [0, 0.1) is 24.1 Å². The molecule has 3 aromatic rings. The summed E-state index contributed by atoms with van der Waals surface area (Å²) >= 11 is 6.49. The molecule has 0 aliphatic rings. The smallest absolute Gasteiger partial charge is 0.180 e. The minimum absolute atomic E-state index is 0.321. The first kappa shape index (κ1) is 21.4. The second kappa shape index (κ2) is 9.96. The normalized spacial score (nSPS) is 11.1. The molecule has 0 heterocycles. The molecule has 3 aromatic carbocycles. The Bertz CT molecular complexity index is 1120. The third-order valence-corrected chi connectivity index (χ3v) is 4.65. The molecule has 30 heavy (non-hydrogen) atoms. The zero-order valence-electron chi connectivity index (χ0n) is 16.8. The molecular formula is C25H21ClFNO2. The molecule has 152 valence electrons. The van der Waals surface area contributed by atoms with E-state index in [2.05, 4.69) is 6.07 Å². The topological polar surface area (TPSA) is 42.2 Å². The summed E-state index contributed by atoms with van der Waals surface area (Å²) in [5.41, 5.74) is 3.64. The van der Waals surface area contributed by atoms with Crippen LogP contribution in [0.1, 0.15) is 29.2 Å². The Labute approximate surface area is 180 Å². The Hall–Kier alpha value is -3.29. The molecule has 0 atom stereocenters. The molecule has 0 unspecified atom stereocenters. The number of rotatable bonds is 7. The molecule has 3 nitrogen and oxygen atoms in total. The number of ether oxygens (including phenoxy) is 2. The van der Waals surface area contributed by atoms with Crippen LogP contribution < -0.4 is 9.47 Å². The Kier molecular flexibility index (Phi) is 7.11. The molecule has 0 radical (unpaired) electrons. The van der Waals surface area contributed by atoms with Gasteiger partial charge in [0.2, 0.25) is 0 Å². The van der Waals surface area contributed by atoms with Gasteiger partial charge in [0.05, 0.1) is 23.3 Å². The van der Waals surface area contributed by atoms with Gasteiger partial charge in [-0.3, -0.25) is 0 Å². The number of nitrogens with zero attached hydrogens (tertiary/aromatic N) is 1. The van der Waals surface area contributed by atoms with E-state index in [1.54, 1.807) is 30.3 Å². The highest BCUT2D eigenvalue weighted by Crippen LogP contribution is 2.38. The number of allylic oxidation sites excluding steroid dienone is 1. The van der Waals surface area contributed by atoms with Crippen molar-refractivity contribution in [2.45, 2.75) is 20.5 Å². The lowest BCUT2D eigenvalue weighted by Gasteiger charge is -2.15. The van der Waals surface area contributed by atoms with Crippen molar-refractivity contribution < 1.29 is 13.9 Å². The fraction of sp³-hybridized carbons (Fsp3) is 0.160. The zero-order chi connectivity index (χ0) is 21.5. The number of aryl methyl sites for hydroxylation is 1. The summed E-state index contributed by atoms with van der Waals surface area (Å²) in [5.74, 6) is 0.531. The maximum Gasteiger partial charge on any atom is 0.180 e. The maximum atomic E-state index is 13.5. The molecule has 0 N–H and O–H groups in total. The Morgan fingerprint density at radius 2 is 1.90 bits per heavy atom. The number of halogens is 2. The van der Waals surface area contributed by atoms with E-state index in [1.807, 2.05) is 38.1 Å². The van der Waals surface area contributed by atoms with Crippen LogP contribution in [0.2, 0.25) is 5.02 Å². The van der Waals surface area contributed by atoms with Crippen molar-refractivity contribution in [2.75, 3.05) is 6.61 Å². The van der Waals surface area contributed by atoms with Crippen LogP contribution in [-0.4, -0.2) is 6.61 Å². The largest absolute Gasteiger partial charge is 0.490 e. The highest BCUT2D eigenvalue weighted by molar-refractivity contribution is 6.32. The summed E-state index contributed by atoms with van der Waals surface area (Å²) < 4.78 is 25.2. The zero-order valence-corrected chi connectivity index (χ0v) is 17.5. The number of hydrogen-bond donors (Lipinski definition) is 0. The summed E-state index contributed by atoms with van der Waals surface area (Å²) in [6.07, 6.45) is 1.65. The molecule has 0 aliphatic heterocycles. The van der Waals surface area contributed by atoms with Gasteiger partial charge in [0.1, 0.15) is 12.4 Å². The predicted molar refractivity (Wildman–Crippen MR) is 118 cm³/mol. The number of nitriles is 1. The van der Waals surface area contributed by atoms with Crippen molar-refractivity contribution in [3.63, 3.8) is 0 Å². The molecule has 0 aliphatic carbocycles. The van der Waals surface area contributed by atoms with Crippen LogP contribution >= 0.6 is 11.6 Å². The fourth-order valence-electron chi connectivity index (χ4n) is 3.03. The van der Waals surface area contributed by atoms with Gasteiger partial charge in [-0.05, 0) is 60.9 Å². The molecule has 0 bridgehead atoms. The second-order valence-corrected chi connectivity index (χ2v) is 7.13. The molecule has 5 heteroatoms. The van der Waals surface area contributed by atoms with Gasteiger partial charge in [0, 0.05) is 0 Å². The van der Waals surface area contributed by atoms with Crippen molar-refractivity contribution in [2.24, 2.45) is 0 Å². The summed E-state index contributed by atoms with van der Waals surface area (Å²) in [5, 5.41) is 9.90. The first-order valence-electron chi connectivity index (χ1n) is 9.52. The van der Waals surface area contributed by atoms with Crippen molar-refractivity contribution >= 4 is 23.3 Å². The SMILES string of the molecule is CCOc1cc(/C=C(/C#N)c2cccc(F)c2)cc(Cl)c1OCc1cccc(C)c1. The van der Waals surface area contributed by atoms with Crippen molar-refractivity contribution in [3.8, 4) is 17.6 Å². The quantitative estimate of drug-likeness (QED) is 0.310. The molecule has 0 amide bonds. The summed E-state index contributed by atoms with van der Waals surface area (Å²) in [6, 6.07) is 19.5. The van der Waals surface area contributed by atoms with Crippen LogP contribution in [0.5, 0.6) is 11.5 Å². The lowest BCUT2D eigenvalue weighted by Crippen LogP contribution is -2.01. The standard InChI is InChI=1S/C25H21ClFNO2/c1-3-29-24-13-19(11-21(15-28)20-8-5-9-22(27)14-20)12-23(26)25(24)30-16-18-7-4-6-17(2)10-18/h4-14H,3,16H2,1-2H3/b21-11-. The summed E-state index contributed by atoms with van der Waals surface area (Å²) in [6.45, 7) is 4.67. The van der Waals surface area contributed by atoms with E-state index in [1.165, 1.54) is 12.1 Å². The highest BCUT2D eigenvalue weighted by atomic mass is 35.5. The third-order valence-electron chi connectivity index (χ3n) is 4.36. The first-order valence-corrected chi connectivity index (χ1v) is 9.90. The summed E-state index contributed by atoms with van der Waals surface area (Å²) in [7, 11) is 0. The van der Waals surface area contributed by atoms with Gasteiger partial charge >= 0.3 is 0 Å². The van der Waals surface area contributed by atoms with Crippen molar-refractivity contribution in [3.05, 3.63) is 93.8 Å². The Morgan fingerprint density at radius 3 is 2.60 bits per heavy atom. The van der Waals surface area contributed by atoms with Crippen LogP contribution in [0.3, 0.4) is 0 Å². The number of benzene rings is 3. The predicted octanol–water partition coefficient (Wildman–Crippen LogP) is 6.83. The molecule has 0 saturated heterocycles. The Morgan fingerprint density at radius 1 is 1.10 bits per heavy atom. The minimum atomic E-state index is -0.401. The monoisotopic (exact) mass is 421 g/mol. The summed E-state index contributed by atoms with van der Waals surface area (Å²) in [4.78, 5) is 0. The highest BCUT2D eigenvalue weighted by Gasteiger charge is 2.13. The molecule has 0 saturated carbocycles. The molecule has 0 aromatic heterocycles. The minimum Gasteiger partial charge on any atom is -0.490 e. The molecule has 3 rings (SSSR count). The van der Waals surface area contributed by atoms with Crippen LogP contribution in [-0.2, 0) is 6.61 Å². The van der Waals surface area contributed by atoms with E-state index in [9.17, 15) is 9.65 Å². The van der Waals surface area contributed by atoms with E-state index in [-0.39, 0.29) is 0 Å². The van der Waals surface area contributed by atoms with E-state index in [4.69, 9.17) is 21.1 Å². The number of hydrogen-bond acceptors (Lipinski definition) is 3. The van der Waals surface area contributed by atoms with Gasteiger partial charge in [-0.1, -0.05) is 53.6 Å². The van der Waals surface area contributed by atoms with Gasteiger partial charge in [-0.2, -0.15) is 5.26 Å². The van der Waals surface area contributed by atoms with Gasteiger partial charge < -0.3 is 9.47 Å². The lowest BCUT2D eigenvalue weighted by atomic mass is 10.0. The van der Waals surface area contributed by atoms with E-state index in [0.29, 0.717) is 46.4 Å². The van der Waals surface area contributed by atoms with Gasteiger partial charge in [-0.15, -0.1) is 0 Å². The van der Waals surface area contributed by atoms with Crippen molar-refractivity contribution in [1.29, 1.82) is 5.26 Å². The molecule has 0 fully saturated rings. The van der Waals surface area contributed by atoms with E-state index in [0.717, 1.165) is 11.1 Å². The first-order chi connectivity index (χ1) is 14.5. The fourth-order valence-corrected chi connectivity index (χ4v) is 3.31. The molecular weight excluding hydrogens is 401 g/mol. The van der Waals surface area contributed by atoms with Crippen LogP contribution in [0.4, 0.5) is 4.39 Å². The van der Waals surface area contributed by atoms with Crippen LogP contribution in [0.25, 0.3) is 11.6 Å². The van der Waals surface area contributed by atoms with E-state index < -0.39 is 5.82 Å². The van der Waals surface area contributed by atoms with Crippen LogP contribution in [0.15, 0.2) is 60.7 Å². The van der Waals surface area contributed by atoms with Gasteiger partial charge in [-0.25, -0.2) is 4.39 Å². The van der Waals surface area contributed by atoms with Gasteiger partial charge in [0.15, 0.2) is 11.5 Å².